The minimum atomic E-state index is -1.97. The molecule has 0 radical (unpaired) electrons. The van der Waals surface area contributed by atoms with Gasteiger partial charge in [-0.05, 0) is 114 Å². The molecule has 7 aromatic rings. The zero-order chi connectivity index (χ0) is 31.5. The average Bonchev–Trinajstić information content (AvgIpc) is 3.90. The van der Waals surface area contributed by atoms with Gasteiger partial charge in [-0.2, -0.15) is 0 Å². The molecule has 0 amide bonds. The monoisotopic (exact) mass is 627 g/mol. The predicted octanol–water partition coefficient (Wildman–Crippen LogP) is 6.16. The van der Waals surface area contributed by atoms with Gasteiger partial charge in [-0.1, -0.05) is 95.6 Å². The Morgan fingerprint density at radius 2 is 0.833 bits per heavy atom. The lowest BCUT2D eigenvalue weighted by atomic mass is 10.0. The van der Waals surface area contributed by atoms with E-state index in [9.17, 15) is 4.57 Å². The number of pyridine rings is 2. The maximum absolute atomic E-state index is 14.3. The summed E-state index contributed by atoms with van der Waals surface area (Å²) in [5, 5.41) is 5.63. The molecule has 48 heavy (non-hydrogen) atoms. The molecule has 0 aliphatic heterocycles. The Morgan fingerprint density at radius 1 is 0.375 bits per heavy atom. The van der Waals surface area contributed by atoms with Crippen LogP contribution < -0.4 is 31.6 Å². The van der Waals surface area contributed by atoms with E-state index in [0.717, 1.165) is 39.1 Å². The number of rotatable bonds is 3. The maximum Gasteiger partial charge on any atom is 0.436 e. The van der Waals surface area contributed by atoms with Gasteiger partial charge in [0.1, 0.15) is 0 Å². The minimum absolute atomic E-state index is 0.579. The molecular weight excluding hydrogens is 603 g/mol. The number of hydrogen-bond donors (Lipinski definition) is 0. The fraction of sp³-hybridized carbons (Fsp3) is 0. The van der Waals surface area contributed by atoms with Gasteiger partial charge in [0.25, 0.3) is 5.44 Å². The highest BCUT2D eigenvalue weighted by Crippen LogP contribution is 2.34. The van der Waals surface area contributed by atoms with E-state index in [2.05, 4.69) is 115 Å². The molecule has 0 N–H and O–H groups in total. The fourth-order valence-electron chi connectivity index (χ4n) is 8.02. The molecule has 0 bridgehead atoms. The first kappa shape index (κ1) is 26.1. The van der Waals surface area contributed by atoms with Gasteiger partial charge in [-0.15, -0.1) is 0 Å². The van der Waals surface area contributed by atoms with E-state index in [4.69, 9.17) is 9.97 Å². The second kappa shape index (κ2) is 9.51. The maximum atomic E-state index is 14.3. The third-order valence-corrected chi connectivity index (χ3v) is 11.8. The number of fused-ring (bicyclic) bond motifs is 14. The van der Waals surface area contributed by atoms with Crippen LogP contribution in [0.1, 0.15) is 22.5 Å². The SMILES string of the molecule is O=[P+](c1ccc2c(n1)C=c1c-2ccc2c1=Cc1ccccc1-2)c1ccccc1-c1ccc2c(n1)C=c1c-2ccc2c1=Cc1ccccc1-2. The molecule has 0 saturated heterocycles. The number of hydrogen-bond acceptors (Lipinski definition) is 3. The summed E-state index contributed by atoms with van der Waals surface area (Å²) in [6, 6.07) is 42.1. The van der Waals surface area contributed by atoms with Crippen molar-refractivity contribution >= 4 is 42.8 Å². The smallest absolute Gasteiger partial charge is 0.248 e. The van der Waals surface area contributed by atoms with Crippen molar-refractivity contribution in [2.45, 2.75) is 0 Å². The zero-order valence-corrected chi connectivity index (χ0v) is 26.5. The first-order valence-electron chi connectivity index (χ1n) is 16.2. The fourth-order valence-corrected chi connectivity index (χ4v) is 9.31. The van der Waals surface area contributed by atoms with E-state index in [1.807, 2.05) is 30.3 Å². The minimum Gasteiger partial charge on any atom is -0.248 e. The normalized spacial score (nSPS) is 13.3. The molecule has 1 atom stereocenters. The molecule has 11 rings (SSSR count). The summed E-state index contributed by atoms with van der Waals surface area (Å²) in [6.45, 7) is 0. The quantitative estimate of drug-likeness (QED) is 0.221. The number of aromatic nitrogens is 2. The zero-order valence-electron chi connectivity index (χ0n) is 25.6. The van der Waals surface area contributed by atoms with Gasteiger partial charge in [0.2, 0.25) is 5.30 Å². The van der Waals surface area contributed by atoms with Crippen molar-refractivity contribution in [2.24, 2.45) is 0 Å². The Kier molecular flexibility index (Phi) is 5.17. The summed E-state index contributed by atoms with van der Waals surface area (Å²) in [6.07, 6.45) is 8.93. The lowest BCUT2D eigenvalue weighted by Crippen LogP contribution is -2.25. The Labute approximate surface area is 277 Å². The van der Waals surface area contributed by atoms with Crippen molar-refractivity contribution < 1.29 is 4.57 Å². The molecule has 5 aromatic carbocycles. The summed E-state index contributed by atoms with van der Waals surface area (Å²) >= 11 is 0. The van der Waals surface area contributed by atoms with Crippen molar-refractivity contribution in [3.8, 4) is 55.8 Å². The lowest BCUT2D eigenvalue weighted by molar-refractivity contribution is 0.597. The van der Waals surface area contributed by atoms with Gasteiger partial charge in [-0.25, -0.2) is 9.97 Å². The molecular formula is C44H24N2OP+. The molecule has 4 aliphatic carbocycles. The largest absolute Gasteiger partial charge is 0.436 e. The van der Waals surface area contributed by atoms with Crippen molar-refractivity contribution in [1.29, 1.82) is 0 Å². The Hall–Kier alpha value is -6.02. The van der Waals surface area contributed by atoms with Gasteiger partial charge < -0.3 is 0 Å². The highest BCUT2D eigenvalue weighted by atomic mass is 31.1. The molecule has 220 valence electrons. The first-order valence-corrected chi connectivity index (χ1v) is 17.5. The van der Waals surface area contributed by atoms with Gasteiger partial charge in [0.15, 0.2) is 0 Å². The summed E-state index contributed by atoms with van der Waals surface area (Å²) in [7, 11) is -1.97. The van der Waals surface area contributed by atoms with Crippen LogP contribution in [0.3, 0.4) is 0 Å². The van der Waals surface area contributed by atoms with Crippen LogP contribution in [0, 0.1) is 0 Å². The van der Waals surface area contributed by atoms with Gasteiger partial charge in [0, 0.05) is 17.2 Å². The second-order valence-corrected chi connectivity index (χ2v) is 14.3. The van der Waals surface area contributed by atoms with Crippen LogP contribution in [0.25, 0.3) is 80.1 Å². The van der Waals surface area contributed by atoms with Crippen molar-refractivity contribution in [2.75, 3.05) is 0 Å². The van der Waals surface area contributed by atoms with E-state index in [0.29, 0.717) is 5.44 Å². The highest BCUT2D eigenvalue weighted by molar-refractivity contribution is 7.61. The predicted molar refractivity (Wildman–Crippen MR) is 195 cm³/mol. The van der Waals surface area contributed by atoms with E-state index in [-0.39, 0.29) is 0 Å². The van der Waals surface area contributed by atoms with Crippen LogP contribution in [0.2, 0.25) is 0 Å². The van der Waals surface area contributed by atoms with E-state index < -0.39 is 7.80 Å². The molecule has 0 spiro atoms. The van der Waals surface area contributed by atoms with Crippen molar-refractivity contribution in [1.82, 2.24) is 9.97 Å². The Balaban J connectivity index is 0.979. The van der Waals surface area contributed by atoms with Crippen LogP contribution in [0.15, 0.2) is 121 Å². The second-order valence-electron chi connectivity index (χ2n) is 12.8. The average molecular weight is 628 g/mol. The molecule has 4 heteroatoms. The topological polar surface area (TPSA) is 42.9 Å². The summed E-state index contributed by atoms with van der Waals surface area (Å²) < 4.78 is 14.3. The molecule has 2 heterocycles. The molecule has 0 fully saturated rings. The van der Waals surface area contributed by atoms with Crippen molar-refractivity contribution in [3.63, 3.8) is 0 Å². The molecule has 1 unspecified atom stereocenters. The van der Waals surface area contributed by atoms with Gasteiger partial charge in [0.05, 0.1) is 22.6 Å². The molecule has 3 nitrogen and oxygen atoms in total. The molecule has 0 saturated carbocycles. The Bertz CT molecular complexity index is 2920. The van der Waals surface area contributed by atoms with E-state index in [1.54, 1.807) is 0 Å². The molecule has 4 aliphatic rings. The number of benzene rings is 5. The highest BCUT2D eigenvalue weighted by Gasteiger charge is 2.32. The van der Waals surface area contributed by atoms with Crippen LogP contribution in [-0.4, -0.2) is 9.97 Å². The van der Waals surface area contributed by atoms with Crippen molar-refractivity contribution in [3.05, 3.63) is 165 Å². The Morgan fingerprint density at radius 3 is 1.46 bits per heavy atom. The summed E-state index contributed by atoms with van der Waals surface area (Å²) in [5.41, 5.74) is 16.2. The third-order valence-electron chi connectivity index (χ3n) is 10.3. The third kappa shape index (κ3) is 3.54. The van der Waals surface area contributed by atoms with E-state index >= 15 is 0 Å². The van der Waals surface area contributed by atoms with Gasteiger partial charge >= 0.3 is 7.80 Å². The molecule has 2 aromatic heterocycles. The van der Waals surface area contributed by atoms with E-state index in [1.165, 1.54) is 65.4 Å². The standard InChI is InChI=1S/C44H24N2OP/c47-48(44-20-18-34-32-16-14-30-28-10-4-2-8-26(28)22-37(30)39(32)24-42(34)46-44)43-12-6-5-11-35(43)40-19-17-33-31-15-13-29-27-9-3-1-7-25(27)21-36(29)38(31)23-41(33)45-40/h1-24H/q+1. The first-order chi connectivity index (χ1) is 23.7. The number of nitrogens with zero attached hydrogens (tertiary/aromatic N) is 2. The summed E-state index contributed by atoms with van der Waals surface area (Å²) in [5.74, 6) is 0. The summed E-state index contributed by atoms with van der Waals surface area (Å²) in [4.78, 5) is 10.2. The van der Waals surface area contributed by atoms with Crippen LogP contribution >= 0.6 is 7.80 Å². The van der Waals surface area contributed by atoms with Crippen LogP contribution in [-0.2, 0) is 4.57 Å². The van der Waals surface area contributed by atoms with Crippen LogP contribution in [0.4, 0.5) is 0 Å². The van der Waals surface area contributed by atoms with Gasteiger partial charge in [-0.3, -0.25) is 0 Å². The van der Waals surface area contributed by atoms with Crippen LogP contribution in [0.5, 0.6) is 0 Å². The lowest BCUT2D eigenvalue weighted by Gasteiger charge is -2.06.